The summed E-state index contributed by atoms with van der Waals surface area (Å²) in [6.07, 6.45) is 10.8. The predicted molar refractivity (Wildman–Crippen MR) is 105 cm³/mol. The first kappa shape index (κ1) is 17.4. The molecule has 0 aromatic carbocycles. The second kappa shape index (κ2) is 6.43. The number of fused-ring (bicyclic) bond motifs is 1. The fraction of sp³-hybridized carbons (Fsp3) is 0.524. The number of amides is 2. The molecule has 0 atom stereocenters. The second-order valence-electron chi connectivity index (χ2n) is 8.53. The standard InChI is InChI=1S/C21H25N5O2/c1-2-18(27)26-7-5-14(6-8-26)23-17-12-22-16-4-3-15(19(16)24-17)20(28)25-21-9-13(10-21)11-21/h2-3,12-14H,1,4-11H2,(H,23,24)(H,25,28). The van der Waals surface area contributed by atoms with E-state index in [9.17, 15) is 9.59 Å². The summed E-state index contributed by atoms with van der Waals surface area (Å²) in [4.78, 5) is 35.5. The highest BCUT2D eigenvalue weighted by atomic mass is 16.2. The molecule has 4 aliphatic carbocycles. The lowest BCUT2D eigenvalue weighted by molar-refractivity contribution is -0.127. The van der Waals surface area contributed by atoms with Crippen LogP contribution in [0.4, 0.5) is 5.82 Å². The minimum atomic E-state index is -0.0143. The van der Waals surface area contributed by atoms with Crippen molar-refractivity contribution in [2.75, 3.05) is 18.4 Å². The number of rotatable bonds is 5. The van der Waals surface area contributed by atoms with Gasteiger partial charge in [-0.1, -0.05) is 12.7 Å². The van der Waals surface area contributed by atoms with Crippen molar-refractivity contribution < 1.29 is 9.59 Å². The molecular formula is C21H25N5O2. The van der Waals surface area contributed by atoms with Gasteiger partial charge in [-0.05, 0) is 44.1 Å². The molecule has 0 spiro atoms. The molecule has 1 aromatic rings. The van der Waals surface area contributed by atoms with Crippen LogP contribution in [0.3, 0.4) is 0 Å². The summed E-state index contributed by atoms with van der Waals surface area (Å²) < 4.78 is 0. The van der Waals surface area contributed by atoms with E-state index in [1.807, 2.05) is 11.0 Å². The Kier molecular flexibility index (Phi) is 4.00. The maximum absolute atomic E-state index is 12.8. The largest absolute Gasteiger partial charge is 0.366 e. The second-order valence-corrected chi connectivity index (χ2v) is 8.53. The highest BCUT2D eigenvalue weighted by Gasteiger charge is 2.57. The van der Waals surface area contributed by atoms with Gasteiger partial charge in [0, 0.05) is 31.1 Å². The number of hydrogen-bond donors (Lipinski definition) is 2. The van der Waals surface area contributed by atoms with E-state index in [0.29, 0.717) is 36.6 Å². The van der Waals surface area contributed by atoms with E-state index < -0.39 is 0 Å². The first-order valence-corrected chi connectivity index (χ1v) is 10.1. The van der Waals surface area contributed by atoms with Crippen molar-refractivity contribution in [1.29, 1.82) is 0 Å². The summed E-state index contributed by atoms with van der Waals surface area (Å²) in [6, 6.07) is 0.240. The average Bonchev–Trinajstić information content (AvgIpc) is 3.07. The number of nitrogens with zero attached hydrogens (tertiary/aromatic N) is 3. The lowest BCUT2D eigenvalue weighted by Crippen LogP contribution is -2.68. The molecule has 2 N–H and O–H groups in total. The first-order chi connectivity index (χ1) is 13.5. The Morgan fingerprint density at radius 3 is 2.64 bits per heavy atom. The van der Waals surface area contributed by atoms with E-state index in [4.69, 9.17) is 4.98 Å². The Morgan fingerprint density at radius 2 is 2.00 bits per heavy atom. The number of likely N-dealkylation sites (tertiary alicyclic amines) is 1. The van der Waals surface area contributed by atoms with Crippen molar-refractivity contribution >= 4 is 23.2 Å². The molecule has 6 rings (SSSR count). The fourth-order valence-corrected chi connectivity index (χ4v) is 4.87. The third kappa shape index (κ3) is 2.89. The van der Waals surface area contributed by atoms with Crippen molar-refractivity contribution in [2.24, 2.45) is 5.92 Å². The van der Waals surface area contributed by atoms with Gasteiger partial charge in [0.1, 0.15) is 5.82 Å². The van der Waals surface area contributed by atoms with Gasteiger partial charge in [0.05, 0.1) is 23.2 Å². The molecule has 1 aliphatic heterocycles. The monoisotopic (exact) mass is 379 g/mol. The van der Waals surface area contributed by atoms with Crippen molar-refractivity contribution in [3.63, 3.8) is 0 Å². The first-order valence-electron chi connectivity index (χ1n) is 10.1. The molecule has 146 valence electrons. The van der Waals surface area contributed by atoms with Crippen LogP contribution in [-0.4, -0.2) is 51.4 Å². The number of aromatic nitrogens is 2. The third-order valence-corrected chi connectivity index (χ3v) is 6.60. The van der Waals surface area contributed by atoms with Crippen molar-refractivity contribution in [3.8, 4) is 0 Å². The van der Waals surface area contributed by atoms with Crippen LogP contribution in [0.2, 0.25) is 0 Å². The highest BCUT2D eigenvalue weighted by Crippen LogP contribution is 2.57. The zero-order chi connectivity index (χ0) is 19.3. The summed E-state index contributed by atoms with van der Waals surface area (Å²) in [5.41, 5.74) is 2.28. The summed E-state index contributed by atoms with van der Waals surface area (Å²) in [6.45, 7) is 4.96. The maximum Gasteiger partial charge on any atom is 0.253 e. The Bertz CT molecular complexity index is 868. The van der Waals surface area contributed by atoms with Gasteiger partial charge < -0.3 is 15.5 Å². The zero-order valence-corrected chi connectivity index (χ0v) is 15.9. The van der Waals surface area contributed by atoms with Gasteiger partial charge in [0.15, 0.2) is 0 Å². The number of carbonyl (C=O) groups excluding carboxylic acids is 2. The van der Waals surface area contributed by atoms with Gasteiger partial charge in [-0.2, -0.15) is 0 Å². The van der Waals surface area contributed by atoms with Crippen molar-refractivity contribution in [1.82, 2.24) is 20.2 Å². The Morgan fingerprint density at radius 1 is 1.25 bits per heavy atom. The molecule has 3 saturated carbocycles. The third-order valence-electron chi connectivity index (χ3n) is 6.60. The zero-order valence-electron chi connectivity index (χ0n) is 15.9. The number of nitrogens with one attached hydrogen (secondary N) is 2. The topological polar surface area (TPSA) is 87.2 Å². The van der Waals surface area contributed by atoms with E-state index >= 15 is 0 Å². The van der Waals surface area contributed by atoms with Gasteiger partial charge in [-0.15, -0.1) is 0 Å². The minimum absolute atomic E-state index is 0.0136. The number of carbonyl (C=O) groups is 2. The number of allylic oxidation sites excluding steroid dienone is 1. The molecule has 5 aliphatic rings. The molecule has 2 bridgehead atoms. The molecule has 7 nitrogen and oxygen atoms in total. The normalized spacial score (nSPS) is 27.8. The molecule has 0 unspecified atom stereocenters. The Labute approximate surface area is 164 Å². The summed E-state index contributed by atoms with van der Waals surface area (Å²) in [5.74, 6) is 1.49. The van der Waals surface area contributed by atoms with Crippen LogP contribution < -0.4 is 10.6 Å². The molecule has 28 heavy (non-hydrogen) atoms. The molecule has 1 saturated heterocycles. The van der Waals surface area contributed by atoms with Gasteiger partial charge in [0.2, 0.25) is 5.91 Å². The maximum atomic E-state index is 12.8. The van der Waals surface area contributed by atoms with E-state index in [1.165, 1.54) is 6.08 Å². The van der Waals surface area contributed by atoms with E-state index in [1.54, 1.807) is 6.20 Å². The summed E-state index contributed by atoms with van der Waals surface area (Å²) >= 11 is 0. The number of hydrogen-bond acceptors (Lipinski definition) is 5. The van der Waals surface area contributed by atoms with Gasteiger partial charge in [-0.25, -0.2) is 4.98 Å². The molecule has 2 heterocycles. The molecular weight excluding hydrogens is 354 g/mol. The molecule has 2 amide bonds. The van der Waals surface area contributed by atoms with E-state index in [0.717, 1.165) is 43.7 Å². The lowest BCUT2D eigenvalue weighted by atomic mass is 9.50. The van der Waals surface area contributed by atoms with Crippen LogP contribution in [0.15, 0.2) is 24.9 Å². The minimum Gasteiger partial charge on any atom is -0.366 e. The fourth-order valence-electron chi connectivity index (χ4n) is 4.87. The van der Waals surface area contributed by atoms with E-state index in [2.05, 4.69) is 22.2 Å². The number of piperidine rings is 1. The SMILES string of the molecule is C=CC(=O)N1CCC(Nc2cnc3c(n2)C(C(=O)NC24CC(C2)C4)=CC3)CC1. The average molecular weight is 379 g/mol. The molecule has 7 heteroatoms. The lowest BCUT2D eigenvalue weighted by Gasteiger charge is -2.61. The van der Waals surface area contributed by atoms with Crippen LogP contribution >= 0.6 is 0 Å². The Balaban J connectivity index is 1.23. The van der Waals surface area contributed by atoms with Crippen LogP contribution in [0.5, 0.6) is 0 Å². The van der Waals surface area contributed by atoms with Gasteiger partial charge in [0.25, 0.3) is 5.91 Å². The van der Waals surface area contributed by atoms with E-state index in [-0.39, 0.29) is 23.4 Å². The van der Waals surface area contributed by atoms with Crippen LogP contribution in [0.25, 0.3) is 5.57 Å². The summed E-state index contributed by atoms with van der Waals surface area (Å²) in [7, 11) is 0. The van der Waals surface area contributed by atoms with Gasteiger partial charge in [-0.3, -0.25) is 14.6 Å². The summed E-state index contributed by atoms with van der Waals surface area (Å²) in [5, 5.41) is 6.65. The van der Waals surface area contributed by atoms with Crippen molar-refractivity contribution in [3.05, 3.63) is 36.3 Å². The quantitative estimate of drug-likeness (QED) is 0.760. The highest BCUT2D eigenvalue weighted by molar-refractivity contribution is 6.20. The molecule has 0 radical (unpaired) electrons. The molecule has 4 fully saturated rings. The van der Waals surface area contributed by atoms with Gasteiger partial charge >= 0.3 is 0 Å². The Hall–Kier alpha value is -2.70. The van der Waals surface area contributed by atoms with Crippen LogP contribution in [0, 0.1) is 5.92 Å². The smallest absolute Gasteiger partial charge is 0.253 e. The van der Waals surface area contributed by atoms with Crippen LogP contribution in [-0.2, 0) is 16.0 Å². The predicted octanol–water partition coefficient (Wildman–Crippen LogP) is 1.67. The number of anilines is 1. The molecule has 1 aromatic heterocycles. The van der Waals surface area contributed by atoms with Crippen molar-refractivity contribution in [2.45, 2.75) is 50.1 Å². The van der Waals surface area contributed by atoms with Crippen LogP contribution in [0.1, 0.15) is 43.5 Å².